The van der Waals surface area contributed by atoms with Crippen molar-refractivity contribution in [1.82, 2.24) is 34.1 Å². The second-order valence-corrected chi connectivity index (χ2v) is 17.2. The molecule has 25 heteroatoms. The molecule has 3 aromatic carbocycles. The predicted octanol–water partition coefficient (Wildman–Crippen LogP) is 10.6. The maximum Gasteiger partial charge on any atom is 0.419 e. The molecular formula is C52H40F11N9O5. The monoisotopic (exact) mass is 1080 g/mol. The minimum absolute atomic E-state index is 0.0179. The summed E-state index contributed by atoms with van der Waals surface area (Å²) < 4.78 is 161. The predicted molar refractivity (Wildman–Crippen MR) is 258 cm³/mol. The van der Waals surface area contributed by atoms with Crippen molar-refractivity contribution in [3.8, 4) is 22.5 Å². The van der Waals surface area contributed by atoms with Gasteiger partial charge in [-0.3, -0.25) is 19.6 Å². The maximum absolute atomic E-state index is 14.8. The van der Waals surface area contributed by atoms with E-state index in [-0.39, 0.29) is 56.4 Å². The Hall–Kier alpha value is -8.74. The van der Waals surface area contributed by atoms with Gasteiger partial charge in [0.2, 0.25) is 0 Å². The number of amides is 1. The number of benzene rings is 3. The number of carboxylic acids is 1. The van der Waals surface area contributed by atoms with Crippen molar-refractivity contribution in [2.24, 2.45) is 5.73 Å². The van der Waals surface area contributed by atoms with Gasteiger partial charge in [0.15, 0.2) is 0 Å². The minimum Gasteiger partial charge on any atom is -0.480 e. The summed E-state index contributed by atoms with van der Waals surface area (Å²) in [6.45, 7) is 1.21. The molecule has 0 saturated carbocycles. The van der Waals surface area contributed by atoms with E-state index < -0.39 is 107 Å². The summed E-state index contributed by atoms with van der Waals surface area (Å²) in [4.78, 5) is 53.2. The summed E-state index contributed by atoms with van der Waals surface area (Å²) in [6.07, 6.45) is -6.60. The summed E-state index contributed by atoms with van der Waals surface area (Å²) in [6, 6.07) is 13.9. The van der Waals surface area contributed by atoms with Crippen LogP contribution >= 0.6 is 0 Å². The van der Waals surface area contributed by atoms with Crippen LogP contribution < -0.4 is 16.4 Å². The number of nitrogens with two attached hydrogens (primary N) is 1. The number of hydrogen-bond donors (Lipinski definition) is 4. The van der Waals surface area contributed by atoms with Gasteiger partial charge in [-0.2, -0.15) is 39.5 Å². The number of nitrogens with zero attached hydrogens (tertiary/aromatic N) is 6. The lowest BCUT2D eigenvalue weighted by atomic mass is 9.99. The number of hydrogen-bond acceptors (Lipinski definition) is 10. The number of anilines is 1. The topological polar surface area (TPSA) is 191 Å². The van der Waals surface area contributed by atoms with Gasteiger partial charge in [-0.05, 0) is 53.6 Å². The summed E-state index contributed by atoms with van der Waals surface area (Å²) in [5.74, 6) is -6.80. The van der Waals surface area contributed by atoms with Crippen LogP contribution in [-0.4, -0.2) is 83.1 Å². The van der Waals surface area contributed by atoms with Gasteiger partial charge in [-0.25, -0.2) is 23.5 Å². The smallest absolute Gasteiger partial charge is 0.419 e. The number of aromatic nitrogens is 6. The van der Waals surface area contributed by atoms with Crippen LogP contribution in [0.2, 0.25) is 0 Å². The highest BCUT2D eigenvalue weighted by Gasteiger charge is 2.40. The van der Waals surface area contributed by atoms with E-state index in [4.69, 9.17) is 5.73 Å². The maximum atomic E-state index is 14.8. The van der Waals surface area contributed by atoms with Gasteiger partial charge in [-0.15, -0.1) is 0 Å². The number of carboxylic acid groups (broad SMARTS) is 1. The molecule has 6 heterocycles. The number of halogens is 11. The van der Waals surface area contributed by atoms with E-state index in [1.165, 1.54) is 91.9 Å². The minimum atomic E-state index is -4.81. The lowest BCUT2D eigenvalue weighted by Crippen LogP contribution is -2.43. The molecule has 0 fully saturated rings. The summed E-state index contributed by atoms with van der Waals surface area (Å²) >= 11 is 0. The molecule has 0 aliphatic heterocycles. The molecule has 0 aliphatic rings. The third-order valence-electron chi connectivity index (χ3n) is 12.3. The summed E-state index contributed by atoms with van der Waals surface area (Å²) in [7, 11) is 1.24. The van der Waals surface area contributed by atoms with Crippen molar-refractivity contribution < 1.29 is 72.5 Å². The first-order valence-electron chi connectivity index (χ1n) is 22.9. The molecular weight excluding hydrogens is 1040 g/mol. The van der Waals surface area contributed by atoms with Crippen LogP contribution in [-0.2, 0) is 39.5 Å². The van der Waals surface area contributed by atoms with Gasteiger partial charge in [0.1, 0.15) is 46.6 Å². The lowest BCUT2D eigenvalue weighted by Gasteiger charge is -2.22. The molecule has 14 nitrogen and oxygen atoms in total. The van der Waals surface area contributed by atoms with Gasteiger partial charge in [0.25, 0.3) is 5.91 Å². The second-order valence-electron chi connectivity index (χ2n) is 17.2. The Morgan fingerprint density at radius 3 is 1.58 bits per heavy atom. The van der Waals surface area contributed by atoms with E-state index in [9.17, 15) is 67.8 Å². The van der Waals surface area contributed by atoms with Crippen molar-refractivity contribution in [3.05, 3.63) is 162 Å². The first kappa shape index (κ1) is 54.5. The molecule has 0 unspecified atom stereocenters. The third-order valence-corrected chi connectivity index (χ3v) is 12.3. The molecule has 9 rings (SSSR count). The fourth-order valence-electron chi connectivity index (χ4n) is 8.74. The molecule has 3 atom stereocenters. The van der Waals surface area contributed by atoms with Crippen LogP contribution in [0.4, 0.5) is 54.0 Å². The van der Waals surface area contributed by atoms with E-state index in [2.05, 4.69) is 24.7 Å². The van der Waals surface area contributed by atoms with Crippen molar-refractivity contribution in [3.63, 3.8) is 0 Å². The van der Waals surface area contributed by atoms with E-state index in [1.54, 1.807) is 40.9 Å². The number of carbonyl (C=O) groups is 3. The number of esters is 1. The van der Waals surface area contributed by atoms with Gasteiger partial charge >= 0.3 is 30.5 Å². The average molecular weight is 1080 g/mol. The molecule has 400 valence electrons. The average Bonchev–Trinajstić information content (AvgIpc) is 4.11. The number of carbonyl (C=O) groups excluding carboxylic acids is 2. The summed E-state index contributed by atoms with van der Waals surface area (Å²) in [5, 5.41) is 14.4. The zero-order chi connectivity index (χ0) is 55.7. The van der Waals surface area contributed by atoms with Gasteiger partial charge in [0.05, 0.1) is 29.6 Å². The number of fused-ring (bicyclic) bond motifs is 4. The Balaban J connectivity index is 0.000000224. The van der Waals surface area contributed by atoms with Crippen molar-refractivity contribution in [1.29, 1.82) is 0 Å². The molecule has 0 spiro atoms. The number of ether oxygens (including phenoxy) is 1. The fraction of sp³-hybridized carbons (Fsp3) is 0.212. The van der Waals surface area contributed by atoms with Crippen LogP contribution in [0.25, 0.3) is 55.4 Å². The number of aliphatic carboxylic acids is 1. The molecule has 1 amide bonds. The normalized spacial score (nSPS) is 13.3. The Bertz CT molecular complexity index is 3690. The highest BCUT2D eigenvalue weighted by molar-refractivity contribution is 5.98. The van der Waals surface area contributed by atoms with Crippen molar-refractivity contribution >= 4 is 56.4 Å². The van der Waals surface area contributed by atoms with E-state index in [0.29, 0.717) is 23.2 Å². The Labute approximate surface area is 427 Å². The summed E-state index contributed by atoms with van der Waals surface area (Å²) in [5.41, 5.74) is 2.80. The van der Waals surface area contributed by atoms with Gasteiger partial charge in [0, 0.05) is 89.0 Å². The number of alkyl halides is 9. The fourth-order valence-corrected chi connectivity index (χ4v) is 8.74. The SMILES string of the molecule is CC[C@@H](Nc1cc(F)c(C(=O)N[C@@H](Cc2ccc(-c3ncc4ccccc4c3C(F)(F)F)c3nccn23)C(=O)O)c(F)c1)C(F)(F)F.COC(=O)[C@@H](N)Cc1ccc(-c2ncc3ccccc3c2C(F)(F)F)c2nccn12. The quantitative estimate of drug-likeness (QED) is 0.0635. The van der Waals surface area contributed by atoms with Crippen LogP contribution in [0, 0.1) is 11.6 Å². The largest absolute Gasteiger partial charge is 0.480 e. The van der Waals surface area contributed by atoms with Crippen LogP contribution in [0.1, 0.15) is 46.2 Å². The molecule has 6 aromatic heterocycles. The Morgan fingerprint density at radius 2 is 1.16 bits per heavy atom. The van der Waals surface area contributed by atoms with E-state index in [1.807, 2.05) is 10.6 Å². The van der Waals surface area contributed by atoms with E-state index >= 15 is 0 Å². The molecule has 77 heavy (non-hydrogen) atoms. The first-order chi connectivity index (χ1) is 36.4. The van der Waals surface area contributed by atoms with Crippen LogP contribution in [0.15, 0.2) is 122 Å². The number of imidazole rings is 2. The van der Waals surface area contributed by atoms with Crippen LogP contribution in [0.5, 0.6) is 0 Å². The highest BCUT2D eigenvalue weighted by Crippen LogP contribution is 2.43. The highest BCUT2D eigenvalue weighted by atomic mass is 19.4. The Kier molecular flexibility index (Phi) is 15.2. The standard InChI is InChI=1S/C31H23F8N5O3.C21H17F3N4O2/c1-2-23(30(34,35)36)42-16-11-20(32)24(21(33)12-16)28(45)43-22(29(46)47)13-17-7-8-19(27-40-9-10-44(17)27)26-25(31(37,38)39)18-6-4-3-5-15(18)14-41-26;1-30-20(29)16(25)10-13-6-7-15(19-26-8-9-28(13)19)18-17(21(22,23)24)14-5-3-2-4-12(14)11-27-18/h3-12,14,22-23,42H,2,13H2,1H3,(H,43,45)(H,46,47);2-9,11,16H,10,25H2,1H3/t22-,23+;16-/m00/s1. The number of methoxy groups -OCH3 is 1. The zero-order valence-corrected chi connectivity index (χ0v) is 39.9. The third kappa shape index (κ3) is 11.3. The molecule has 0 aliphatic carbocycles. The number of nitrogens with one attached hydrogen (secondary N) is 2. The molecule has 5 N–H and O–H groups in total. The number of pyridine rings is 4. The van der Waals surface area contributed by atoms with Crippen molar-refractivity contribution in [2.45, 2.75) is 62.8 Å². The molecule has 0 bridgehead atoms. The Morgan fingerprint density at radius 1 is 0.688 bits per heavy atom. The first-order valence-corrected chi connectivity index (χ1v) is 22.9. The molecule has 9 aromatic rings. The second kappa shape index (κ2) is 21.5. The lowest BCUT2D eigenvalue weighted by molar-refractivity contribution is -0.143. The van der Waals surface area contributed by atoms with Crippen LogP contribution in [0.3, 0.4) is 0 Å². The van der Waals surface area contributed by atoms with Gasteiger partial charge in [-0.1, -0.05) is 55.5 Å². The van der Waals surface area contributed by atoms with E-state index in [0.717, 1.165) is 0 Å². The number of rotatable bonds is 13. The molecule has 0 saturated heterocycles. The zero-order valence-electron chi connectivity index (χ0n) is 39.9. The molecule has 0 radical (unpaired) electrons. The van der Waals surface area contributed by atoms with Gasteiger partial charge < -0.3 is 35.0 Å². The van der Waals surface area contributed by atoms with Crippen molar-refractivity contribution in [2.75, 3.05) is 12.4 Å².